The SMILES string of the molecule is COc1cncc(Br)c1CCCOCc1ccccc1. The smallest absolute Gasteiger partial charge is 0.141 e. The van der Waals surface area contributed by atoms with Gasteiger partial charge in [-0.25, -0.2) is 0 Å². The van der Waals surface area contributed by atoms with Crippen LogP contribution in [0.25, 0.3) is 0 Å². The zero-order valence-corrected chi connectivity index (χ0v) is 13.1. The van der Waals surface area contributed by atoms with Crippen molar-refractivity contribution >= 4 is 15.9 Å². The fraction of sp³-hybridized carbons (Fsp3) is 0.312. The Morgan fingerprint density at radius 3 is 2.70 bits per heavy atom. The van der Waals surface area contributed by atoms with Gasteiger partial charge in [-0.1, -0.05) is 30.3 Å². The summed E-state index contributed by atoms with van der Waals surface area (Å²) in [6.07, 6.45) is 5.39. The van der Waals surface area contributed by atoms with Gasteiger partial charge in [0.25, 0.3) is 0 Å². The van der Waals surface area contributed by atoms with Crippen molar-refractivity contribution in [3.63, 3.8) is 0 Å². The van der Waals surface area contributed by atoms with Crippen LogP contribution in [-0.4, -0.2) is 18.7 Å². The largest absolute Gasteiger partial charge is 0.495 e. The van der Waals surface area contributed by atoms with Crippen LogP contribution in [0.2, 0.25) is 0 Å². The third-order valence-corrected chi connectivity index (χ3v) is 3.70. The molecule has 2 rings (SSSR count). The number of aromatic nitrogens is 1. The zero-order valence-electron chi connectivity index (χ0n) is 11.5. The van der Waals surface area contributed by atoms with Crippen molar-refractivity contribution in [3.8, 4) is 5.75 Å². The highest BCUT2D eigenvalue weighted by atomic mass is 79.9. The molecule has 0 aliphatic carbocycles. The van der Waals surface area contributed by atoms with Gasteiger partial charge >= 0.3 is 0 Å². The summed E-state index contributed by atoms with van der Waals surface area (Å²) < 4.78 is 12.0. The van der Waals surface area contributed by atoms with Crippen LogP contribution < -0.4 is 4.74 Å². The van der Waals surface area contributed by atoms with E-state index in [0.29, 0.717) is 6.61 Å². The summed E-state index contributed by atoms with van der Waals surface area (Å²) in [7, 11) is 1.67. The summed E-state index contributed by atoms with van der Waals surface area (Å²) in [6, 6.07) is 10.2. The van der Waals surface area contributed by atoms with Crippen LogP contribution in [0.4, 0.5) is 0 Å². The van der Waals surface area contributed by atoms with Crippen LogP contribution in [-0.2, 0) is 17.8 Å². The molecule has 0 aliphatic heterocycles. The molecule has 2 aromatic rings. The molecule has 0 saturated heterocycles. The standard InChI is InChI=1S/C16H18BrNO2/c1-19-16-11-18-10-15(17)14(16)8-5-9-20-12-13-6-3-2-4-7-13/h2-4,6-7,10-11H,5,8-9,12H2,1H3. The predicted octanol–water partition coefficient (Wildman–Crippen LogP) is 4.00. The molecule has 0 atom stereocenters. The lowest BCUT2D eigenvalue weighted by atomic mass is 10.1. The molecule has 4 heteroatoms. The number of halogens is 1. The highest BCUT2D eigenvalue weighted by Crippen LogP contribution is 2.26. The van der Waals surface area contributed by atoms with Crippen molar-refractivity contribution < 1.29 is 9.47 Å². The summed E-state index contributed by atoms with van der Waals surface area (Å²) in [6.45, 7) is 1.39. The Kier molecular flexibility index (Phi) is 6.02. The second kappa shape index (κ2) is 8.02. The van der Waals surface area contributed by atoms with Crippen LogP contribution in [0.1, 0.15) is 17.5 Å². The van der Waals surface area contributed by atoms with Crippen LogP contribution in [0.5, 0.6) is 5.75 Å². The van der Waals surface area contributed by atoms with Crippen LogP contribution in [0.15, 0.2) is 47.2 Å². The van der Waals surface area contributed by atoms with Gasteiger partial charge < -0.3 is 9.47 Å². The molecule has 0 unspecified atom stereocenters. The van der Waals surface area contributed by atoms with Gasteiger partial charge in [-0.2, -0.15) is 0 Å². The first-order valence-electron chi connectivity index (χ1n) is 6.59. The molecule has 0 amide bonds. The van der Waals surface area contributed by atoms with Crippen LogP contribution in [0, 0.1) is 0 Å². The first-order valence-corrected chi connectivity index (χ1v) is 7.38. The summed E-state index contributed by atoms with van der Waals surface area (Å²) in [5.74, 6) is 0.822. The quantitative estimate of drug-likeness (QED) is 0.716. The van der Waals surface area contributed by atoms with Crippen molar-refractivity contribution in [3.05, 3.63) is 58.3 Å². The molecular weight excluding hydrogens is 318 g/mol. The number of hydrogen-bond donors (Lipinski definition) is 0. The van der Waals surface area contributed by atoms with Gasteiger partial charge in [0.05, 0.1) is 19.9 Å². The van der Waals surface area contributed by atoms with E-state index in [0.717, 1.165) is 35.2 Å². The van der Waals surface area contributed by atoms with E-state index in [2.05, 4.69) is 33.0 Å². The molecule has 1 heterocycles. The minimum absolute atomic E-state index is 0.662. The maximum atomic E-state index is 5.68. The van der Waals surface area contributed by atoms with Crippen molar-refractivity contribution in [1.82, 2.24) is 4.98 Å². The fourth-order valence-electron chi connectivity index (χ4n) is 1.98. The zero-order chi connectivity index (χ0) is 14.2. The Labute approximate surface area is 128 Å². The molecule has 0 fully saturated rings. The predicted molar refractivity (Wildman–Crippen MR) is 82.9 cm³/mol. The lowest BCUT2D eigenvalue weighted by molar-refractivity contribution is 0.118. The molecule has 0 radical (unpaired) electrons. The number of nitrogens with zero attached hydrogens (tertiary/aromatic N) is 1. The van der Waals surface area contributed by atoms with Crippen LogP contribution >= 0.6 is 15.9 Å². The highest BCUT2D eigenvalue weighted by molar-refractivity contribution is 9.10. The summed E-state index contributed by atoms with van der Waals surface area (Å²) >= 11 is 3.51. The van der Waals surface area contributed by atoms with Gasteiger partial charge in [0.1, 0.15) is 5.75 Å². The molecule has 106 valence electrons. The Bertz CT molecular complexity index is 531. The van der Waals surface area contributed by atoms with E-state index in [4.69, 9.17) is 9.47 Å². The molecular formula is C16H18BrNO2. The summed E-state index contributed by atoms with van der Waals surface area (Å²) in [4.78, 5) is 4.10. The number of benzene rings is 1. The Hall–Kier alpha value is -1.39. The average Bonchev–Trinajstić information content (AvgIpc) is 2.49. The minimum Gasteiger partial charge on any atom is -0.495 e. The van der Waals surface area contributed by atoms with E-state index < -0.39 is 0 Å². The van der Waals surface area contributed by atoms with Gasteiger partial charge in [0, 0.05) is 22.8 Å². The lowest BCUT2D eigenvalue weighted by Crippen LogP contribution is -2.00. The summed E-state index contributed by atoms with van der Waals surface area (Å²) in [5.41, 5.74) is 2.35. The molecule has 20 heavy (non-hydrogen) atoms. The Balaban J connectivity index is 1.76. The number of methoxy groups -OCH3 is 1. The molecule has 3 nitrogen and oxygen atoms in total. The maximum Gasteiger partial charge on any atom is 0.141 e. The van der Waals surface area contributed by atoms with Gasteiger partial charge in [0.15, 0.2) is 0 Å². The third-order valence-electron chi connectivity index (χ3n) is 3.01. The first kappa shape index (κ1) is 15.0. The van der Waals surface area contributed by atoms with Gasteiger partial charge in [0.2, 0.25) is 0 Å². The van der Waals surface area contributed by atoms with Crippen LogP contribution in [0.3, 0.4) is 0 Å². The first-order chi connectivity index (χ1) is 9.81. The van der Waals surface area contributed by atoms with Crippen molar-refractivity contribution in [2.75, 3.05) is 13.7 Å². The van der Waals surface area contributed by atoms with E-state index in [1.165, 1.54) is 5.56 Å². The minimum atomic E-state index is 0.662. The number of ether oxygens (including phenoxy) is 2. The van der Waals surface area contributed by atoms with Gasteiger partial charge in [-0.15, -0.1) is 0 Å². The van der Waals surface area contributed by atoms with E-state index in [1.807, 2.05) is 18.2 Å². The van der Waals surface area contributed by atoms with E-state index >= 15 is 0 Å². The van der Waals surface area contributed by atoms with Crippen molar-refractivity contribution in [2.24, 2.45) is 0 Å². The molecule has 0 N–H and O–H groups in total. The number of rotatable bonds is 7. The fourth-order valence-corrected chi connectivity index (χ4v) is 2.49. The van der Waals surface area contributed by atoms with E-state index in [9.17, 15) is 0 Å². The monoisotopic (exact) mass is 335 g/mol. The van der Waals surface area contributed by atoms with E-state index in [-0.39, 0.29) is 0 Å². The van der Waals surface area contributed by atoms with E-state index in [1.54, 1.807) is 19.5 Å². The summed E-state index contributed by atoms with van der Waals surface area (Å²) in [5, 5.41) is 0. The Morgan fingerprint density at radius 1 is 1.15 bits per heavy atom. The van der Waals surface area contributed by atoms with Gasteiger partial charge in [-0.05, 0) is 34.3 Å². The average molecular weight is 336 g/mol. The maximum absolute atomic E-state index is 5.68. The second-order valence-corrected chi connectivity index (χ2v) is 5.30. The molecule has 1 aromatic carbocycles. The lowest BCUT2D eigenvalue weighted by Gasteiger charge is -2.10. The van der Waals surface area contributed by atoms with Crippen molar-refractivity contribution in [2.45, 2.75) is 19.4 Å². The molecule has 0 spiro atoms. The van der Waals surface area contributed by atoms with Gasteiger partial charge in [-0.3, -0.25) is 4.98 Å². The highest BCUT2D eigenvalue weighted by Gasteiger charge is 2.07. The topological polar surface area (TPSA) is 31.4 Å². The Morgan fingerprint density at radius 2 is 1.95 bits per heavy atom. The molecule has 0 saturated carbocycles. The molecule has 1 aromatic heterocycles. The molecule has 0 bridgehead atoms. The second-order valence-electron chi connectivity index (χ2n) is 4.44. The third kappa shape index (κ3) is 4.32. The number of hydrogen-bond acceptors (Lipinski definition) is 3. The van der Waals surface area contributed by atoms with Crippen molar-refractivity contribution in [1.29, 1.82) is 0 Å². The normalized spacial score (nSPS) is 10.5. The molecule has 0 aliphatic rings. The number of pyridine rings is 1.